The van der Waals surface area contributed by atoms with Gasteiger partial charge in [-0.1, -0.05) is 61.3 Å². The van der Waals surface area contributed by atoms with Crippen LogP contribution < -0.4 is 10.6 Å². The molecule has 0 fully saturated rings. The molecule has 2 heterocycles. The molecule has 1 atom stereocenters. The van der Waals surface area contributed by atoms with Crippen molar-refractivity contribution >= 4 is 40.8 Å². The molecule has 160 valence electrons. The van der Waals surface area contributed by atoms with Crippen molar-refractivity contribution in [2.24, 2.45) is 5.92 Å². The van der Waals surface area contributed by atoms with Crippen LogP contribution in [-0.4, -0.2) is 40.8 Å². The summed E-state index contributed by atoms with van der Waals surface area (Å²) in [7, 11) is 0. The molecule has 6 nitrogen and oxygen atoms in total. The standard InChI is InChI=1S/C22H26Cl2N4O2/c1-14(2)9-20(29)28-13-16-6-4-3-5-15(16)10-19(28)22(30)26-8-7-25-21-18(24)11-17(23)12-27-21/h3-6,11-12,14,19H,7-10,13H2,1-2H3,(H,25,27)(H,26,30). The summed E-state index contributed by atoms with van der Waals surface area (Å²) in [6.07, 6.45) is 2.45. The number of rotatable bonds is 7. The van der Waals surface area contributed by atoms with E-state index in [-0.39, 0.29) is 17.7 Å². The van der Waals surface area contributed by atoms with Crippen molar-refractivity contribution in [1.29, 1.82) is 0 Å². The zero-order valence-electron chi connectivity index (χ0n) is 17.1. The van der Waals surface area contributed by atoms with Gasteiger partial charge in [0.25, 0.3) is 0 Å². The van der Waals surface area contributed by atoms with E-state index in [1.165, 1.54) is 6.20 Å². The van der Waals surface area contributed by atoms with Gasteiger partial charge in [0.2, 0.25) is 11.8 Å². The number of fused-ring (bicyclic) bond motifs is 1. The monoisotopic (exact) mass is 448 g/mol. The summed E-state index contributed by atoms with van der Waals surface area (Å²) in [6.45, 7) is 5.30. The highest BCUT2D eigenvalue weighted by Gasteiger charge is 2.34. The number of aromatic nitrogens is 1. The average Bonchev–Trinajstić information content (AvgIpc) is 2.70. The molecule has 2 N–H and O–H groups in total. The Bertz CT molecular complexity index is 920. The second kappa shape index (κ2) is 10.1. The van der Waals surface area contributed by atoms with Gasteiger partial charge in [-0.05, 0) is 23.1 Å². The lowest BCUT2D eigenvalue weighted by Crippen LogP contribution is -2.53. The fourth-order valence-electron chi connectivity index (χ4n) is 3.51. The lowest BCUT2D eigenvalue weighted by molar-refractivity contribution is -0.142. The summed E-state index contributed by atoms with van der Waals surface area (Å²) in [6, 6.07) is 9.07. The molecule has 2 amide bonds. The number of nitrogens with zero attached hydrogens (tertiary/aromatic N) is 2. The smallest absolute Gasteiger partial charge is 0.243 e. The van der Waals surface area contributed by atoms with Crippen molar-refractivity contribution in [2.75, 3.05) is 18.4 Å². The largest absolute Gasteiger partial charge is 0.367 e. The van der Waals surface area contributed by atoms with E-state index in [4.69, 9.17) is 23.2 Å². The SMILES string of the molecule is CC(C)CC(=O)N1Cc2ccccc2CC1C(=O)NCCNc1ncc(Cl)cc1Cl. The first-order valence-electron chi connectivity index (χ1n) is 10.0. The number of benzene rings is 1. The summed E-state index contributed by atoms with van der Waals surface area (Å²) in [4.78, 5) is 31.6. The zero-order chi connectivity index (χ0) is 21.7. The van der Waals surface area contributed by atoms with Crippen LogP contribution >= 0.6 is 23.2 Å². The average molecular weight is 449 g/mol. The predicted molar refractivity (Wildman–Crippen MR) is 120 cm³/mol. The van der Waals surface area contributed by atoms with E-state index in [0.717, 1.165) is 11.1 Å². The fraction of sp³-hybridized carbons (Fsp3) is 0.409. The van der Waals surface area contributed by atoms with Crippen molar-refractivity contribution in [3.8, 4) is 0 Å². The number of carbonyl (C=O) groups is 2. The third-order valence-corrected chi connectivity index (χ3v) is 5.47. The molecule has 0 bridgehead atoms. The molecule has 1 aliphatic heterocycles. The first-order valence-corrected chi connectivity index (χ1v) is 10.8. The second-order valence-corrected chi connectivity index (χ2v) is 8.65. The Balaban J connectivity index is 1.62. The Morgan fingerprint density at radius 3 is 2.63 bits per heavy atom. The Kier molecular flexibility index (Phi) is 7.56. The molecule has 1 aromatic heterocycles. The first kappa shape index (κ1) is 22.4. The van der Waals surface area contributed by atoms with E-state index >= 15 is 0 Å². The number of hydrogen-bond donors (Lipinski definition) is 2. The molecule has 3 rings (SSSR count). The van der Waals surface area contributed by atoms with Crippen LogP contribution in [0.15, 0.2) is 36.5 Å². The molecule has 0 radical (unpaired) electrons. The maximum absolute atomic E-state index is 12.9. The van der Waals surface area contributed by atoms with Crippen LogP contribution in [0.2, 0.25) is 10.0 Å². The maximum atomic E-state index is 12.9. The molecule has 0 saturated carbocycles. The topological polar surface area (TPSA) is 74.3 Å². The predicted octanol–water partition coefficient (Wildman–Crippen LogP) is 3.92. The van der Waals surface area contributed by atoms with Gasteiger partial charge in [-0.15, -0.1) is 0 Å². The maximum Gasteiger partial charge on any atom is 0.243 e. The molecule has 0 spiro atoms. The molecular formula is C22H26Cl2N4O2. The van der Waals surface area contributed by atoms with Crippen LogP contribution in [0.1, 0.15) is 31.4 Å². The number of pyridine rings is 1. The molecule has 1 unspecified atom stereocenters. The van der Waals surface area contributed by atoms with E-state index in [1.54, 1.807) is 11.0 Å². The molecular weight excluding hydrogens is 423 g/mol. The highest BCUT2D eigenvalue weighted by molar-refractivity contribution is 6.35. The van der Waals surface area contributed by atoms with Crippen molar-refractivity contribution in [2.45, 2.75) is 39.3 Å². The summed E-state index contributed by atoms with van der Waals surface area (Å²) in [5, 5.41) is 6.89. The van der Waals surface area contributed by atoms with Gasteiger partial charge in [0.1, 0.15) is 11.9 Å². The van der Waals surface area contributed by atoms with Crippen LogP contribution in [0, 0.1) is 5.92 Å². The Labute approximate surface area is 187 Å². The fourth-order valence-corrected chi connectivity index (χ4v) is 3.96. The van der Waals surface area contributed by atoms with Crippen LogP contribution in [0.25, 0.3) is 0 Å². The molecule has 1 aromatic carbocycles. The molecule has 30 heavy (non-hydrogen) atoms. The van der Waals surface area contributed by atoms with E-state index in [2.05, 4.69) is 15.6 Å². The third kappa shape index (κ3) is 5.64. The first-order chi connectivity index (χ1) is 14.3. The second-order valence-electron chi connectivity index (χ2n) is 7.81. The van der Waals surface area contributed by atoms with Crippen LogP contribution in [0.3, 0.4) is 0 Å². The highest BCUT2D eigenvalue weighted by atomic mass is 35.5. The van der Waals surface area contributed by atoms with Crippen LogP contribution in [-0.2, 0) is 22.6 Å². The van der Waals surface area contributed by atoms with Gasteiger partial charge in [0.15, 0.2) is 0 Å². The number of amides is 2. The van der Waals surface area contributed by atoms with Crippen molar-refractivity contribution in [1.82, 2.24) is 15.2 Å². The minimum absolute atomic E-state index is 0.00919. The van der Waals surface area contributed by atoms with Gasteiger partial charge in [-0.25, -0.2) is 4.98 Å². The van der Waals surface area contributed by atoms with E-state index in [9.17, 15) is 9.59 Å². The quantitative estimate of drug-likeness (QED) is 0.629. The number of anilines is 1. The third-order valence-electron chi connectivity index (χ3n) is 4.98. The number of hydrogen-bond acceptors (Lipinski definition) is 4. The lowest BCUT2D eigenvalue weighted by Gasteiger charge is -2.36. The van der Waals surface area contributed by atoms with Gasteiger partial charge >= 0.3 is 0 Å². The molecule has 2 aromatic rings. The molecule has 0 aliphatic carbocycles. The van der Waals surface area contributed by atoms with Crippen molar-refractivity contribution < 1.29 is 9.59 Å². The summed E-state index contributed by atoms with van der Waals surface area (Å²) in [5.74, 6) is 0.600. The van der Waals surface area contributed by atoms with Gasteiger partial charge < -0.3 is 15.5 Å². The van der Waals surface area contributed by atoms with Gasteiger partial charge in [-0.2, -0.15) is 0 Å². The number of halogens is 2. The van der Waals surface area contributed by atoms with Crippen LogP contribution in [0.5, 0.6) is 0 Å². The Hall–Kier alpha value is -2.31. The minimum atomic E-state index is -0.511. The van der Waals surface area contributed by atoms with Crippen molar-refractivity contribution in [3.05, 3.63) is 57.7 Å². The van der Waals surface area contributed by atoms with Gasteiger partial charge in [0, 0.05) is 38.7 Å². The van der Waals surface area contributed by atoms with E-state index in [0.29, 0.717) is 48.3 Å². The molecule has 8 heteroatoms. The van der Waals surface area contributed by atoms with E-state index < -0.39 is 6.04 Å². The van der Waals surface area contributed by atoms with Gasteiger partial charge in [-0.3, -0.25) is 9.59 Å². The van der Waals surface area contributed by atoms with E-state index in [1.807, 2.05) is 38.1 Å². The Morgan fingerprint density at radius 2 is 1.93 bits per heavy atom. The molecule has 1 aliphatic rings. The number of carbonyl (C=O) groups excluding carboxylic acids is 2. The zero-order valence-corrected chi connectivity index (χ0v) is 18.6. The summed E-state index contributed by atoms with van der Waals surface area (Å²) < 4.78 is 0. The summed E-state index contributed by atoms with van der Waals surface area (Å²) >= 11 is 11.9. The normalized spacial score (nSPS) is 15.6. The molecule has 0 saturated heterocycles. The lowest BCUT2D eigenvalue weighted by atomic mass is 9.92. The van der Waals surface area contributed by atoms with Crippen LogP contribution in [0.4, 0.5) is 5.82 Å². The summed E-state index contributed by atoms with van der Waals surface area (Å²) in [5.41, 5.74) is 2.21. The van der Waals surface area contributed by atoms with Gasteiger partial charge in [0.05, 0.1) is 10.0 Å². The minimum Gasteiger partial charge on any atom is -0.367 e. The number of nitrogens with one attached hydrogen (secondary N) is 2. The Morgan fingerprint density at radius 1 is 1.20 bits per heavy atom. The van der Waals surface area contributed by atoms with Crippen molar-refractivity contribution in [3.63, 3.8) is 0 Å². The highest BCUT2D eigenvalue weighted by Crippen LogP contribution is 2.25.